The van der Waals surface area contributed by atoms with Gasteiger partial charge in [0.25, 0.3) is 0 Å². The molecular weight excluding hydrogens is 296 g/mol. The molecule has 9 nitrogen and oxygen atoms in total. The number of nitrogens with zero attached hydrogens (tertiary/aromatic N) is 1. The number of amides is 1. The zero-order chi connectivity index (χ0) is 16.9. The van der Waals surface area contributed by atoms with Crippen LogP contribution in [0, 0.1) is 10.1 Å². The summed E-state index contributed by atoms with van der Waals surface area (Å²) in [7, 11) is 0. The van der Waals surface area contributed by atoms with Gasteiger partial charge in [-0.15, -0.1) is 0 Å². The summed E-state index contributed by atoms with van der Waals surface area (Å²) >= 11 is 0. The van der Waals surface area contributed by atoms with E-state index in [0.717, 1.165) is 13.0 Å². The van der Waals surface area contributed by atoms with E-state index in [-0.39, 0.29) is 12.2 Å². The van der Waals surface area contributed by atoms with Gasteiger partial charge >= 0.3 is 17.6 Å². The predicted octanol–water partition coefficient (Wildman–Crippen LogP) is 0.652. The Labute approximate surface area is 125 Å². The van der Waals surface area contributed by atoms with Crippen molar-refractivity contribution in [2.45, 2.75) is 26.3 Å². The Morgan fingerprint density at radius 3 is 2.45 bits per heavy atom. The highest BCUT2D eigenvalue weighted by Gasteiger charge is 2.22. The van der Waals surface area contributed by atoms with Crippen LogP contribution in [-0.4, -0.2) is 33.9 Å². The van der Waals surface area contributed by atoms with Crippen LogP contribution in [0.3, 0.4) is 0 Å². The van der Waals surface area contributed by atoms with Gasteiger partial charge in [0.2, 0.25) is 11.7 Å². The molecule has 0 spiro atoms. The molecule has 0 heterocycles. The van der Waals surface area contributed by atoms with Gasteiger partial charge in [0.1, 0.15) is 6.04 Å². The standard InChI is InChI=1S/C13H14N2O7/c1-7(16)14-10(13(18)19)5-9-3-4-12(22-8(2)17)11(6-9)15(20)21/h3-4,6,10H,5H2,1-2H3,(H,14,16)(H,18,19)/t10-/m0/s1. The third-order valence-corrected chi connectivity index (χ3v) is 2.59. The lowest BCUT2D eigenvalue weighted by Crippen LogP contribution is -2.41. The summed E-state index contributed by atoms with van der Waals surface area (Å²) in [5.41, 5.74) is -0.150. The van der Waals surface area contributed by atoms with Gasteiger partial charge in [-0.05, 0) is 11.6 Å². The third kappa shape index (κ3) is 4.85. The zero-order valence-corrected chi connectivity index (χ0v) is 11.9. The molecular formula is C13H14N2O7. The SMILES string of the molecule is CC(=O)N[C@@H](Cc1ccc(OC(C)=O)c([N+](=O)[O-])c1)C(=O)O. The predicted molar refractivity (Wildman–Crippen MR) is 73.3 cm³/mol. The molecule has 1 aromatic rings. The number of nitro benzene ring substituents is 1. The van der Waals surface area contributed by atoms with E-state index in [4.69, 9.17) is 9.84 Å². The van der Waals surface area contributed by atoms with Crippen molar-refractivity contribution >= 4 is 23.5 Å². The Hall–Kier alpha value is -2.97. The topological polar surface area (TPSA) is 136 Å². The Morgan fingerprint density at radius 1 is 1.36 bits per heavy atom. The van der Waals surface area contributed by atoms with E-state index in [0.29, 0.717) is 5.56 Å². The number of carbonyl (C=O) groups excluding carboxylic acids is 2. The van der Waals surface area contributed by atoms with Gasteiger partial charge in [-0.1, -0.05) is 6.07 Å². The highest BCUT2D eigenvalue weighted by molar-refractivity contribution is 5.82. The maximum Gasteiger partial charge on any atom is 0.326 e. The minimum Gasteiger partial charge on any atom is -0.480 e. The molecule has 1 rings (SSSR count). The third-order valence-electron chi connectivity index (χ3n) is 2.59. The molecule has 2 N–H and O–H groups in total. The van der Waals surface area contributed by atoms with Gasteiger partial charge < -0.3 is 15.2 Å². The number of nitro groups is 1. The normalized spacial score (nSPS) is 11.4. The van der Waals surface area contributed by atoms with Crippen LogP contribution >= 0.6 is 0 Å². The van der Waals surface area contributed by atoms with Crippen LogP contribution in [0.15, 0.2) is 18.2 Å². The molecule has 1 amide bonds. The lowest BCUT2D eigenvalue weighted by molar-refractivity contribution is -0.385. The Morgan fingerprint density at radius 2 is 2.00 bits per heavy atom. The number of benzene rings is 1. The summed E-state index contributed by atoms with van der Waals surface area (Å²) in [5, 5.41) is 22.2. The fourth-order valence-corrected chi connectivity index (χ4v) is 1.75. The number of ether oxygens (including phenoxy) is 1. The molecule has 0 bridgehead atoms. The van der Waals surface area contributed by atoms with Crippen LogP contribution in [-0.2, 0) is 20.8 Å². The van der Waals surface area contributed by atoms with Crippen molar-refractivity contribution in [2.24, 2.45) is 0 Å². The van der Waals surface area contributed by atoms with Crippen molar-refractivity contribution in [1.82, 2.24) is 5.32 Å². The van der Waals surface area contributed by atoms with Gasteiger partial charge in [-0.25, -0.2) is 4.79 Å². The summed E-state index contributed by atoms with van der Waals surface area (Å²) in [4.78, 5) is 43.1. The average molecular weight is 310 g/mol. The maximum absolute atomic E-state index is 11.1. The van der Waals surface area contributed by atoms with Gasteiger partial charge in [-0.3, -0.25) is 19.7 Å². The number of carbonyl (C=O) groups is 3. The fourth-order valence-electron chi connectivity index (χ4n) is 1.75. The van der Waals surface area contributed by atoms with Crippen LogP contribution in [0.2, 0.25) is 0 Å². The van der Waals surface area contributed by atoms with E-state index >= 15 is 0 Å². The van der Waals surface area contributed by atoms with Crippen LogP contribution < -0.4 is 10.1 Å². The highest BCUT2D eigenvalue weighted by atomic mass is 16.6. The van der Waals surface area contributed by atoms with Crippen molar-refractivity contribution in [3.63, 3.8) is 0 Å². The molecule has 22 heavy (non-hydrogen) atoms. The Bertz CT molecular complexity index is 627. The maximum atomic E-state index is 11.1. The molecule has 0 aromatic heterocycles. The number of rotatable bonds is 6. The molecule has 1 atom stereocenters. The van der Waals surface area contributed by atoms with Gasteiger partial charge in [0.15, 0.2) is 0 Å². The summed E-state index contributed by atoms with van der Waals surface area (Å²) in [6.07, 6.45) is -0.143. The number of hydrogen-bond acceptors (Lipinski definition) is 6. The Kier molecular flexibility index (Phi) is 5.56. The molecule has 0 unspecified atom stereocenters. The van der Waals surface area contributed by atoms with Crippen molar-refractivity contribution < 1.29 is 29.2 Å². The van der Waals surface area contributed by atoms with E-state index in [2.05, 4.69) is 5.32 Å². The van der Waals surface area contributed by atoms with Crippen molar-refractivity contribution in [3.8, 4) is 5.75 Å². The van der Waals surface area contributed by atoms with E-state index in [1.54, 1.807) is 0 Å². The van der Waals surface area contributed by atoms with Gasteiger partial charge in [0, 0.05) is 26.3 Å². The molecule has 0 aliphatic carbocycles. The molecule has 118 valence electrons. The lowest BCUT2D eigenvalue weighted by Gasteiger charge is -2.13. The van der Waals surface area contributed by atoms with Crippen molar-refractivity contribution in [1.29, 1.82) is 0 Å². The second kappa shape index (κ2) is 7.16. The first-order chi connectivity index (χ1) is 10.2. The minimum atomic E-state index is -1.26. The van der Waals surface area contributed by atoms with Crippen molar-refractivity contribution in [2.75, 3.05) is 0 Å². The van der Waals surface area contributed by atoms with E-state index < -0.39 is 34.5 Å². The minimum absolute atomic E-state index is 0.143. The summed E-state index contributed by atoms with van der Waals surface area (Å²) in [5.74, 6) is -2.73. The summed E-state index contributed by atoms with van der Waals surface area (Å²) in [6, 6.07) is 2.50. The molecule has 0 saturated heterocycles. The number of esters is 1. The average Bonchev–Trinajstić information content (AvgIpc) is 2.38. The first-order valence-corrected chi connectivity index (χ1v) is 6.16. The Balaban J connectivity index is 3.07. The fraction of sp³-hybridized carbons (Fsp3) is 0.308. The number of nitrogens with one attached hydrogen (secondary N) is 1. The van der Waals surface area contributed by atoms with Gasteiger partial charge in [0.05, 0.1) is 4.92 Å². The monoisotopic (exact) mass is 310 g/mol. The second-order valence-electron chi connectivity index (χ2n) is 4.45. The van der Waals surface area contributed by atoms with Crippen LogP contribution in [0.1, 0.15) is 19.4 Å². The zero-order valence-electron chi connectivity index (χ0n) is 11.9. The number of aliphatic carboxylic acids is 1. The highest BCUT2D eigenvalue weighted by Crippen LogP contribution is 2.28. The smallest absolute Gasteiger partial charge is 0.326 e. The molecule has 0 aliphatic heterocycles. The van der Waals surface area contributed by atoms with E-state index in [1.165, 1.54) is 19.1 Å². The summed E-state index contributed by atoms with van der Waals surface area (Å²) < 4.78 is 4.71. The number of hydrogen-bond donors (Lipinski definition) is 2. The van der Waals surface area contributed by atoms with E-state index in [1.807, 2.05) is 0 Å². The van der Waals surface area contributed by atoms with E-state index in [9.17, 15) is 24.5 Å². The number of carboxylic acid groups (broad SMARTS) is 1. The molecule has 1 aromatic carbocycles. The molecule has 9 heteroatoms. The lowest BCUT2D eigenvalue weighted by atomic mass is 10.0. The molecule has 0 radical (unpaired) electrons. The van der Waals surface area contributed by atoms with Crippen LogP contribution in [0.4, 0.5) is 5.69 Å². The van der Waals surface area contributed by atoms with Crippen LogP contribution in [0.5, 0.6) is 5.75 Å². The molecule has 0 saturated carbocycles. The largest absolute Gasteiger partial charge is 0.480 e. The molecule has 0 aliphatic rings. The first-order valence-electron chi connectivity index (χ1n) is 6.16. The first kappa shape index (κ1) is 17.1. The quantitative estimate of drug-likeness (QED) is 0.341. The molecule has 0 fully saturated rings. The number of carboxylic acids is 1. The van der Waals surface area contributed by atoms with Crippen molar-refractivity contribution in [3.05, 3.63) is 33.9 Å². The van der Waals surface area contributed by atoms with Crippen LogP contribution in [0.25, 0.3) is 0 Å². The summed E-state index contributed by atoms with van der Waals surface area (Å²) in [6.45, 7) is 2.27. The second-order valence-corrected chi connectivity index (χ2v) is 4.45. The van der Waals surface area contributed by atoms with Gasteiger partial charge in [-0.2, -0.15) is 0 Å².